The van der Waals surface area contributed by atoms with Crippen molar-refractivity contribution in [3.05, 3.63) is 24.0 Å². The third kappa shape index (κ3) is 3.04. The van der Waals surface area contributed by atoms with Crippen molar-refractivity contribution >= 4 is 5.91 Å². The molecule has 1 aromatic rings. The van der Waals surface area contributed by atoms with Crippen molar-refractivity contribution in [3.8, 4) is 5.75 Å². The van der Waals surface area contributed by atoms with Gasteiger partial charge in [0, 0.05) is 25.3 Å². The minimum absolute atomic E-state index is 0.0473. The van der Waals surface area contributed by atoms with Gasteiger partial charge in [-0.15, -0.1) is 0 Å². The zero-order valence-corrected chi connectivity index (χ0v) is 11.5. The number of nitrogens with one attached hydrogen (secondary N) is 1. The summed E-state index contributed by atoms with van der Waals surface area (Å²) in [5.74, 6) is 0.261. The Labute approximate surface area is 113 Å². The van der Waals surface area contributed by atoms with Crippen molar-refractivity contribution in [2.24, 2.45) is 5.92 Å². The molecule has 19 heavy (non-hydrogen) atoms. The Hall–Kier alpha value is -1.62. The van der Waals surface area contributed by atoms with Crippen LogP contribution in [0.25, 0.3) is 0 Å². The van der Waals surface area contributed by atoms with Gasteiger partial charge in [0.15, 0.2) is 0 Å². The van der Waals surface area contributed by atoms with E-state index >= 15 is 0 Å². The topological polar surface area (TPSA) is 65.5 Å². The van der Waals surface area contributed by atoms with Gasteiger partial charge in [0.25, 0.3) is 5.91 Å². The van der Waals surface area contributed by atoms with Crippen LogP contribution >= 0.6 is 0 Å². The lowest BCUT2D eigenvalue weighted by atomic mass is 9.93. The molecule has 1 fully saturated rings. The summed E-state index contributed by atoms with van der Waals surface area (Å²) in [6, 6.07) is 2.04. The highest BCUT2D eigenvalue weighted by Gasteiger charge is 2.29. The predicted octanol–water partition coefficient (Wildman–Crippen LogP) is 1.25. The number of carbonyl (C=O) groups is 1. The molecule has 2 heterocycles. The van der Waals surface area contributed by atoms with Crippen LogP contribution in [0.5, 0.6) is 5.75 Å². The summed E-state index contributed by atoms with van der Waals surface area (Å²) in [7, 11) is 0. The molecule has 0 aliphatic carbocycles. The number of hydrogen-bond donors (Lipinski definition) is 2. The molecule has 2 N–H and O–H groups in total. The van der Waals surface area contributed by atoms with Gasteiger partial charge in [0.2, 0.25) is 0 Å². The summed E-state index contributed by atoms with van der Waals surface area (Å²) in [5, 5.41) is 13.1. The van der Waals surface area contributed by atoms with Crippen molar-refractivity contribution in [2.75, 3.05) is 19.6 Å². The number of rotatable bonds is 3. The van der Waals surface area contributed by atoms with Gasteiger partial charge in [-0.2, -0.15) is 0 Å². The summed E-state index contributed by atoms with van der Waals surface area (Å²) in [4.78, 5) is 18.0. The van der Waals surface area contributed by atoms with Gasteiger partial charge in [0.05, 0.1) is 11.8 Å². The van der Waals surface area contributed by atoms with Gasteiger partial charge in [-0.05, 0) is 24.9 Å². The normalized spacial score (nSPS) is 23.4. The smallest absolute Gasteiger partial charge is 0.257 e. The van der Waals surface area contributed by atoms with Crippen molar-refractivity contribution in [1.29, 1.82) is 0 Å². The molecule has 1 saturated heterocycles. The Morgan fingerprint density at radius 2 is 2.42 bits per heavy atom. The zero-order chi connectivity index (χ0) is 13.8. The summed E-state index contributed by atoms with van der Waals surface area (Å²) in [6.07, 6.45) is 3.79. The first kappa shape index (κ1) is 13.8. The van der Waals surface area contributed by atoms with E-state index in [0.717, 1.165) is 26.1 Å². The molecule has 2 atom stereocenters. The van der Waals surface area contributed by atoms with Gasteiger partial charge >= 0.3 is 0 Å². The number of aromatic nitrogens is 1. The van der Waals surface area contributed by atoms with E-state index in [1.165, 1.54) is 12.4 Å². The molecule has 1 aliphatic heterocycles. The summed E-state index contributed by atoms with van der Waals surface area (Å²) >= 11 is 0. The second-order valence-corrected chi connectivity index (χ2v) is 5.07. The fraction of sp³-hybridized carbons (Fsp3) is 0.571. The third-order valence-corrected chi connectivity index (χ3v) is 3.69. The molecule has 0 radical (unpaired) electrons. The van der Waals surface area contributed by atoms with Crippen molar-refractivity contribution in [2.45, 2.75) is 26.3 Å². The molecule has 0 spiro atoms. The molecule has 1 amide bonds. The largest absolute Gasteiger partial charge is 0.505 e. The highest BCUT2D eigenvalue weighted by molar-refractivity contribution is 5.96. The number of nitrogens with zero attached hydrogens (tertiary/aromatic N) is 2. The second-order valence-electron chi connectivity index (χ2n) is 5.07. The first-order chi connectivity index (χ1) is 9.13. The molecule has 5 nitrogen and oxygen atoms in total. The van der Waals surface area contributed by atoms with Gasteiger partial charge < -0.3 is 15.3 Å². The van der Waals surface area contributed by atoms with Crippen LogP contribution in [-0.4, -0.2) is 46.6 Å². The first-order valence-corrected chi connectivity index (χ1v) is 6.79. The van der Waals surface area contributed by atoms with Gasteiger partial charge in [-0.25, -0.2) is 0 Å². The fourth-order valence-corrected chi connectivity index (χ4v) is 2.63. The Kier molecular flexibility index (Phi) is 4.37. The monoisotopic (exact) mass is 263 g/mol. The second kappa shape index (κ2) is 6.02. The van der Waals surface area contributed by atoms with E-state index in [9.17, 15) is 9.90 Å². The van der Waals surface area contributed by atoms with Crippen molar-refractivity contribution in [1.82, 2.24) is 15.2 Å². The molecule has 0 saturated carbocycles. The SMILES string of the molecule is CCNC1CCN(C(=O)c2ccncc2O)CC1C. The van der Waals surface area contributed by atoms with E-state index in [0.29, 0.717) is 17.5 Å². The molecule has 2 unspecified atom stereocenters. The minimum atomic E-state index is -0.110. The maximum absolute atomic E-state index is 12.3. The van der Waals surface area contributed by atoms with E-state index in [1.54, 1.807) is 6.07 Å². The van der Waals surface area contributed by atoms with Crippen molar-refractivity contribution < 1.29 is 9.90 Å². The number of pyridine rings is 1. The van der Waals surface area contributed by atoms with E-state index in [1.807, 2.05) is 4.90 Å². The van der Waals surface area contributed by atoms with Crippen LogP contribution in [0.2, 0.25) is 0 Å². The van der Waals surface area contributed by atoms with E-state index < -0.39 is 0 Å². The van der Waals surface area contributed by atoms with Gasteiger partial charge in [0.1, 0.15) is 5.75 Å². The van der Waals surface area contributed by atoms with Crippen LogP contribution in [0.3, 0.4) is 0 Å². The molecule has 5 heteroatoms. The van der Waals surface area contributed by atoms with E-state index in [4.69, 9.17) is 0 Å². The van der Waals surface area contributed by atoms with Crippen LogP contribution in [0.1, 0.15) is 30.6 Å². The molecule has 2 rings (SSSR count). The standard InChI is InChI=1S/C14H21N3O2/c1-3-16-12-5-7-17(9-10(12)2)14(19)11-4-6-15-8-13(11)18/h4,6,8,10,12,16,18H,3,5,7,9H2,1-2H3. The summed E-state index contributed by atoms with van der Waals surface area (Å²) in [6.45, 7) is 6.65. The minimum Gasteiger partial charge on any atom is -0.505 e. The Balaban J connectivity index is 2.04. The maximum Gasteiger partial charge on any atom is 0.257 e. The summed E-state index contributed by atoms with van der Waals surface area (Å²) in [5.41, 5.74) is 0.337. The van der Waals surface area contributed by atoms with Gasteiger partial charge in [-0.1, -0.05) is 13.8 Å². The first-order valence-electron chi connectivity index (χ1n) is 6.79. The predicted molar refractivity (Wildman–Crippen MR) is 73.1 cm³/mol. The quantitative estimate of drug-likeness (QED) is 0.861. The zero-order valence-electron chi connectivity index (χ0n) is 11.5. The molecule has 1 aliphatic rings. The number of amides is 1. The molecular weight excluding hydrogens is 242 g/mol. The number of carbonyl (C=O) groups excluding carboxylic acids is 1. The third-order valence-electron chi connectivity index (χ3n) is 3.69. The molecule has 104 valence electrons. The highest BCUT2D eigenvalue weighted by Crippen LogP contribution is 2.22. The number of hydrogen-bond acceptors (Lipinski definition) is 4. The van der Waals surface area contributed by atoms with Crippen LogP contribution in [0.15, 0.2) is 18.5 Å². The Bertz CT molecular complexity index is 450. The average molecular weight is 263 g/mol. The van der Waals surface area contributed by atoms with Crippen LogP contribution in [0.4, 0.5) is 0 Å². The van der Waals surface area contributed by atoms with Crippen LogP contribution in [-0.2, 0) is 0 Å². The molecule has 1 aromatic heterocycles. The van der Waals surface area contributed by atoms with Gasteiger partial charge in [-0.3, -0.25) is 9.78 Å². The number of piperidine rings is 1. The van der Waals surface area contributed by atoms with Crippen molar-refractivity contribution in [3.63, 3.8) is 0 Å². The van der Waals surface area contributed by atoms with Crippen LogP contribution < -0.4 is 5.32 Å². The number of aromatic hydroxyl groups is 1. The maximum atomic E-state index is 12.3. The lowest BCUT2D eigenvalue weighted by Gasteiger charge is -2.37. The lowest BCUT2D eigenvalue weighted by molar-refractivity contribution is 0.0643. The summed E-state index contributed by atoms with van der Waals surface area (Å²) < 4.78 is 0. The van der Waals surface area contributed by atoms with Crippen LogP contribution in [0, 0.1) is 5.92 Å². The molecule has 0 aromatic carbocycles. The Morgan fingerprint density at radius 1 is 1.63 bits per heavy atom. The number of likely N-dealkylation sites (tertiary alicyclic amines) is 1. The van der Waals surface area contributed by atoms with E-state index in [-0.39, 0.29) is 11.7 Å². The lowest BCUT2D eigenvalue weighted by Crippen LogP contribution is -2.50. The fourth-order valence-electron chi connectivity index (χ4n) is 2.63. The molecular formula is C14H21N3O2. The average Bonchev–Trinajstić information content (AvgIpc) is 2.41. The highest BCUT2D eigenvalue weighted by atomic mass is 16.3. The molecule has 0 bridgehead atoms. The van der Waals surface area contributed by atoms with E-state index in [2.05, 4.69) is 24.1 Å². The Morgan fingerprint density at radius 3 is 3.05 bits per heavy atom.